The number of benzene rings is 1. The molecule has 0 aromatic heterocycles. The molecule has 5 heteroatoms. The number of hydrogen-bond acceptors (Lipinski definition) is 3. The Balaban J connectivity index is 3.01. The number of rotatable bonds is 6. The summed E-state index contributed by atoms with van der Waals surface area (Å²) in [6.07, 6.45) is 1.94. The van der Waals surface area contributed by atoms with Crippen LogP contribution < -0.4 is 10.5 Å². The maximum Gasteiger partial charge on any atom is 0.241 e. The van der Waals surface area contributed by atoms with Crippen LogP contribution in [0.25, 0.3) is 0 Å². The number of nitrogens with two attached hydrogens (primary N) is 1. The van der Waals surface area contributed by atoms with E-state index in [2.05, 4.69) is 18.6 Å². The van der Waals surface area contributed by atoms with Gasteiger partial charge in [-0.25, -0.2) is 13.1 Å². The van der Waals surface area contributed by atoms with Gasteiger partial charge in [0.15, 0.2) is 0 Å². The number of aryl methyl sites for hydroxylation is 2. The standard InChI is InChI=1S/C14H24N2O2S/c1-5-12(6-2)9-16-19(17,18)14-10(3)7-13(15)8-11(14)4/h7-8,12,16H,5-6,9,15H2,1-4H3. The molecule has 0 spiro atoms. The number of sulfonamides is 1. The van der Waals surface area contributed by atoms with Gasteiger partial charge in [0.1, 0.15) is 0 Å². The summed E-state index contributed by atoms with van der Waals surface area (Å²) in [6.45, 7) is 8.17. The normalized spacial score (nSPS) is 12.1. The predicted molar refractivity (Wildman–Crippen MR) is 79.6 cm³/mol. The van der Waals surface area contributed by atoms with Gasteiger partial charge in [0.25, 0.3) is 0 Å². The van der Waals surface area contributed by atoms with E-state index in [0.717, 1.165) is 12.8 Å². The topological polar surface area (TPSA) is 72.2 Å². The van der Waals surface area contributed by atoms with Crippen LogP contribution in [0.5, 0.6) is 0 Å². The first-order valence-electron chi connectivity index (χ1n) is 6.68. The summed E-state index contributed by atoms with van der Waals surface area (Å²) >= 11 is 0. The third-order valence-corrected chi connectivity index (χ3v) is 5.20. The Bertz CT molecular complexity index is 511. The average molecular weight is 284 g/mol. The Morgan fingerprint density at radius 3 is 2.05 bits per heavy atom. The van der Waals surface area contributed by atoms with Gasteiger partial charge in [-0.2, -0.15) is 0 Å². The fraction of sp³-hybridized carbons (Fsp3) is 0.571. The van der Waals surface area contributed by atoms with E-state index in [0.29, 0.717) is 34.2 Å². The summed E-state index contributed by atoms with van der Waals surface area (Å²) in [7, 11) is -3.46. The van der Waals surface area contributed by atoms with Crippen LogP contribution in [0.4, 0.5) is 5.69 Å². The molecular formula is C14H24N2O2S. The highest BCUT2D eigenvalue weighted by Gasteiger charge is 2.20. The second-order valence-corrected chi connectivity index (χ2v) is 6.72. The van der Waals surface area contributed by atoms with Gasteiger partial charge in [0.05, 0.1) is 4.90 Å². The molecule has 108 valence electrons. The van der Waals surface area contributed by atoms with E-state index < -0.39 is 10.0 Å². The highest BCUT2D eigenvalue weighted by Crippen LogP contribution is 2.23. The van der Waals surface area contributed by atoms with Gasteiger partial charge in [0.2, 0.25) is 10.0 Å². The molecule has 3 N–H and O–H groups in total. The quantitative estimate of drug-likeness (QED) is 0.789. The van der Waals surface area contributed by atoms with Crippen molar-refractivity contribution in [3.05, 3.63) is 23.3 Å². The number of hydrogen-bond donors (Lipinski definition) is 2. The smallest absolute Gasteiger partial charge is 0.241 e. The molecule has 0 atom stereocenters. The lowest BCUT2D eigenvalue weighted by Crippen LogP contribution is -2.30. The molecule has 0 aliphatic carbocycles. The van der Waals surface area contributed by atoms with Crippen LogP contribution in [-0.4, -0.2) is 15.0 Å². The molecule has 0 radical (unpaired) electrons. The van der Waals surface area contributed by atoms with E-state index in [4.69, 9.17) is 5.73 Å². The fourth-order valence-corrected chi connectivity index (χ4v) is 3.85. The third-order valence-electron chi connectivity index (χ3n) is 3.47. The highest BCUT2D eigenvalue weighted by molar-refractivity contribution is 7.89. The molecule has 1 aromatic rings. The first-order chi connectivity index (χ1) is 8.81. The Hall–Kier alpha value is -1.07. The predicted octanol–water partition coefficient (Wildman–Crippen LogP) is 2.60. The molecule has 0 bridgehead atoms. The van der Waals surface area contributed by atoms with Gasteiger partial charge >= 0.3 is 0 Å². The first kappa shape index (κ1) is 16.0. The van der Waals surface area contributed by atoms with E-state index in [9.17, 15) is 8.42 Å². The van der Waals surface area contributed by atoms with Gasteiger partial charge in [0, 0.05) is 12.2 Å². The van der Waals surface area contributed by atoms with E-state index in [-0.39, 0.29) is 0 Å². The lowest BCUT2D eigenvalue weighted by atomic mass is 10.0. The Morgan fingerprint density at radius 1 is 1.16 bits per heavy atom. The van der Waals surface area contributed by atoms with Gasteiger partial charge in [-0.1, -0.05) is 26.7 Å². The van der Waals surface area contributed by atoms with Crippen LogP contribution in [-0.2, 0) is 10.0 Å². The van der Waals surface area contributed by atoms with Gasteiger partial charge < -0.3 is 5.73 Å². The van der Waals surface area contributed by atoms with Crippen molar-refractivity contribution < 1.29 is 8.42 Å². The van der Waals surface area contributed by atoms with Crippen LogP contribution in [0.1, 0.15) is 37.8 Å². The van der Waals surface area contributed by atoms with Crippen molar-refractivity contribution >= 4 is 15.7 Å². The SMILES string of the molecule is CCC(CC)CNS(=O)(=O)c1c(C)cc(N)cc1C. The number of nitrogens with one attached hydrogen (secondary N) is 1. The van der Waals surface area contributed by atoms with Crippen LogP contribution in [0.3, 0.4) is 0 Å². The molecule has 19 heavy (non-hydrogen) atoms. The highest BCUT2D eigenvalue weighted by atomic mass is 32.2. The molecule has 0 unspecified atom stereocenters. The van der Waals surface area contributed by atoms with Crippen LogP contribution >= 0.6 is 0 Å². The number of anilines is 1. The molecule has 0 amide bonds. The van der Waals surface area contributed by atoms with Crippen molar-refractivity contribution in [2.24, 2.45) is 5.92 Å². The molecule has 0 heterocycles. The van der Waals surface area contributed by atoms with Crippen LogP contribution in [0.2, 0.25) is 0 Å². The summed E-state index contributed by atoms with van der Waals surface area (Å²) < 4.78 is 27.4. The Kier molecular flexibility index (Phi) is 5.38. The second-order valence-electron chi connectivity index (χ2n) is 5.02. The van der Waals surface area contributed by atoms with Crippen molar-refractivity contribution in [3.8, 4) is 0 Å². The minimum absolute atomic E-state index is 0.354. The minimum Gasteiger partial charge on any atom is -0.399 e. The molecule has 0 aliphatic rings. The fourth-order valence-electron chi connectivity index (χ4n) is 2.28. The largest absolute Gasteiger partial charge is 0.399 e. The van der Waals surface area contributed by atoms with Crippen molar-refractivity contribution in [1.29, 1.82) is 0 Å². The summed E-state index contributed by atoms with van der Waals surface area (Å²) in [5.41, 5.74) is 7.69. The van der Waals surface area contributed by atoms with E-state index in [1.54, 1.807) is 26.0 Å². The summed E-state index contributed by atoms with van der Waals surface area (Å²) in [5.74, 6) is 0.379. The zero-order chi connectivity index (χ0) is 14.6. The van der Waals surface area contributed by atoms with Crippen LogP contribution in [0.15, 0.2) is 17.0 Å². The molecule has 0 saturated carbocycles. The van der Waals surface area contributed by atoms with Crippen molar-refractivity contribution in [2.45, 2.75) is 45.4 Å². The zero-order valence-electron chi connectivity index (χ0n) is 12.2. The molecule has 1 aromatic carbocycles. The van der Waals surface area contributed by atoms with Crippen LogP contribution in [0, 0.1) is 19.8 Å². The molecule has 0 fully saturated rings. The van der Waals surface area contributed by atoms with Crippen molar-refractivity contribution in [1.82, 2.24) is 4.72 Å². The monoisotopic (exact) mass is 284 g/mol. The lowest BCUT2D eigenvalue weighted by molar-refractivity contribution is 0.478. The second kappa shape index (κ2) is 6.39. The van der Waals surface area contributed by atoms with E-state index in [1.165, 1.54) is 0 Å². The van der Waals surface area contributed by atoms with Crippen molar-refractivity contribution in [2.75, 3.05) is 12.3 Å². The molecule has 4 nitrogen and oxygen atoms in total. The lowest BCUT2D eigenvalue weighted by Gasteiger charge is -2.16. The third kappa shape index (κ3) is 3.94. The van der Waals surface area contributed by atoms with E-state index in [1.807, 2.05) is 0 Å². The molecule has 0 saturated heterocycles. The van der Waals surface area contributed by atoms with Gasteiger partial charge in [-0.15, -0.1) is 0 Å². The molecular weight excluding hydrogens is 260 g/mol. The molecule has 0 aliphatic heterocycles. The van der Waals surface area contributed by atoms with Gasteiger partial charge in [-0.05, 0) is 43.0 Å². The van der Waals surface area contributed by atoms with Gasteiger partial charge in [-0.3, -0.25) is 0 Å². The summed E-state index contributed by atoms with van der Waals surface area (Å²) in [4.78, 5) is 0.354. The first-order valence-corrected chi connectivity index (χ1v) is 8.16. The minimum atomic E-state index is -3.46. The van der Waals surface area contributed by atoms with E-state index >= 15 is 0 Å². The molecule has 1 rings (SSSR count). The summed E-state index contributed by atoms with van der Waals surface area (Å²) in [6, 6.07) is 3.39. The maximum absolute atomic E-state index is 12.4. The van der Waals surface area contributed by atoms with Crippen molar-refractivity contribution in [3.63, 3.8) is 0 Å². The maximum atomic E-state index is 12.4. The average Bonchev–Trinajstić information content (AvgIpc) is 2.28. The number of nitrogen functional groups attached to an aromatic ring is 1. The zero-order valence-corrected chi connectivity index (χ0v) is 13.0. The summed E-state index contributed by atoms with van der Waals surface area (Å²) in [5, 5.41) is 0. The Labute approximate surface area is 116 Å². The Morgan fingerprint density at radius 2 is 1.63 bits per heavy atom.